The number of carbonyl (C=O) groups is 3. The number of aliphatic hydroxyl groups is 1. The smallest absolute Gasteiger partial charge is 0.410 e. The maximum absolute atomic E-state index is 14.7. The second-order valence-corrected chi connectivity index (χ2v) is 15.4. The molecule has 2 aliphatic heterocycles. The van der Waals surface area contributed by atoms with E-state index in [-0.39, 0.29) is 24.3 Å². The van der Waals surface area contributed by atoms with Crippen molar-refractivity contribution in [3.63, 3.8) is 0 Å². The van der Waals surface area contributed by atoms with E-state index in [1.807, 2.05) is 40.0 Å². The van der Waals surface area contributed by atoms with Crippen molar-refractivity contribution in [2.24, 2.45) is 17.8 Å². The molecule has 11 nitrogen and oxygen atoms in total. The second kappa shape index (κ2) is 18.6. The van der Waals surface area contributed by atoms with Crippen molar-refractivity contribution < 1.29 is 37.0 Å². The molecule has 268 valence electrons. The first-order valence-electron chi connectivity index (χ1n) is 16.8. The predicted molar refractivity (Wildman–Crippen MR) is 185 cm³/mol. The first-order chi connectivity index (χ1) is 22.7. The number of likely N-dealkylation sites (N-methyl/N-ethyl adjacent to an activating group) is 1. The minimum atomic E-state index is -3.24. The van der Waals surface area contributed by atoms with Gasteiger partial charge in [-0.3, -0.25) is 0 Å². The van der Waals surface area contributed by atoms with E-state index >= 15 is 0 Å². The monoisotopic (exact) mass is 692 g/mol. The Morgan fingerprint density at radius 1 is 1.06 bits per heavy atom. The van der Waals surface area contributed by atoms with Gasteiger partial charge in [-0.15, -0.1) is 0 Å². The molecule has 0 unspecified atom stereocenters. The van der Waals surface area contributed by atoms with Gasteiger partial charge in [-0.1, -0.05) is 31.6 Å². The van der Waals surface area contributed by atoms with E-state index in [4.69, 9.17) is 4.74 Å². The van der Waals surface area contributed by atoms with Gasteiger partial charge in [0.1, 0.15) is 24.5 Å². The third-order valence-electron chi connectivity index (χ3n) is 9.33. The Balaban J connectivity index is 1.71. The zero-order chi connectivity index (χ0) is 35.4. The zero-order valence-corrected chi connectivity index (χ0v) is 29.7. The average molecular weight is 693 g/mol. The number of piperazine rings is 1. The van der Waals surface area contributed by atoms with Gasteiger partial charge in [-0.05, 0) is 81.3 Å². The van der Waals surface area contributed by atoms with Gasteiger partial charge in [0.05, 0.1) is 12.4 Å². The van der Waals surface area contributed by atoms with Crippen LogP contribution in [0.3, 0.4) is 0 Å². The molecule has 1 aromatic carbocycles. The number of ether oxygens (including phenoxy) is 1. The van der Waals surface area contributed by atoms with Crippen LogP contribution >= 0.6 is 0 Å². The van der Waals surface area contributed by atoms with E-state index in [2.05, 4.69) is 10.2 Å². The molecule has 0 spiro atoms. The van der Waals surface area contributed by atoms with E-state index in [1.54, 1.807) is 17.1 Å². The Labute approximate surface area is 285 Å². The minimum Gasteiger partial charge on any atom is -0.442 e. The van der Waals surface area contributed by atoms with Crippen LogP contribution in [0.2, 0.25) is 0 Å². The molecule has 2 aliphatic rings. The topological polar surface area (TPSA) is 137 Å². The molecule has 0 radical (unpaired) electrons. The number of hydrogen-bond acceptors (Lipinski definition) is 9. The Morgan fingerprint density at radius 2 is 1.73 bits per heavy atom. The van der Waals surface area contributed by atoms with E-state index in [1.165, 1.54) is 22.7 Å². The van der Waals surface area contributed by atoms with E-state index < -0.39 is 40.1 Å². The van der Waals surface area contributed by atoms with Crippen molar-refractivity contribution in [3.8, 4) is 0 Å². The summed E-state index contributed by atoms with van der Waals surface area (Å²) in [6.45, 7) is 9.08. The highest BCUT2D eigenvalue weighted by molar-refractivity contribution is 7.88. The molecule has 0 aliphatic carbocycles. The molecule has 3 rings (SSSR count). The number of aliphatic hydroxyl groups excluding tert-OH is 1. The quantitative estimate of drug-likeness (QED) is 0.193. The van der Waals surface area contributed by atoms with Gasteiger partial charge in [0.15, 0.2) is 0 Å². The molecule has 13 heteroatoms. The first-order valence-corrected chi connectivity index (χ1v) is 18.6. The van der Waals surface area contributed by atoms with Crippen LogP contribution in [0.4, 0.5) is 14.9 Å². The molecule has 2 N–H and O–H groups in total. The number of benzene rings is 1. The molecule has 2 saturated heterocycles. The predicted octanol–water partition coefficient (Wildman–Crippen LogP) is 4.19. The van der Waals surface area contributed by atoms with Crippen LogP contribution in [0.5, 0.6) is 0 Å². The van der Waals surface area contributed by atoms with Gasteiger partial charge in [-0.2, -0.15) is 0 Å². The fraction of sp³-hybridized carbons (Fsp3) is 0.629. The lowest BCUT2D eigenvalue weighted by Crippen LogP contribution is -2.48. The zero-order valence-electron chi connectivity index (χ0n) is 28.9. The molecule has 2 heterocycles. The second-order valence-electron chi connectivity index (χ2n) is 13.4. The average Bonchev–Trinajstić information content (AvgIpc) is 3.02. The summed E-state index contributed by atoms with van der Waals surface area (Å²) < 4.78 is 45.7. The van der Waals surface area contributed by atoms with Gasteiger partial charge in [0.25, 0.3) is 0 Å². The van der Waals surface area contributed by atoms with Crippen LogP contribution in [0, 0.1) is 23.6 Å². The molecule has 1 amide bonds. The number of amides is 1. The molecule has 48 heavy (non-hydrogen) atoms. The number of carbonyl (C=O) groups excluding carboxylic acids is 3. The summed E-state index contributed by atoms with van der Waals surface area (Å²) in [7, 11) is -1.24. The third-order valence-corrected chi connectivity index (χ3v) is 10.6. The van der Waals surface area contributed by atoms with Gasteiger partial charge in [-0.25, -0.2) is 21.9 Å². The number of rotatable bonds is 16. The standard InChI is InChI=1S/C35H53FN4O7S/c1-25(7-9-34(26(2)6-8-32(43)12-19-41)47-35(44)39-17-15-38(4)16-18-39)33(24-42)27(3)20-28-21-29(36)23-31(22-28)37-30-10-13-40(14-11-30)48(5,45)46/h7,9,19-26,30,32-34,37,43H,6,8,10-18H2,1-5H3/b9-7+,27-20+/t25-,26-,32+,33-,34-/m0/s1. The molecule has 2 fully saturated rings. The molecular formula is C35H53FN4O7S. The van der Waals surface area contributed by atoms with Crippen LogP contribution in [-0.2, 0) is 24.3 Å². The van der Waals surface area contributed by atoms with E-state index in [0.717, 1.165) is 24.9 Å². The number of allylic oxidation sites excluding steroid dienone is 2. The Hall–Kier alpha value is -3.13. The molecule has 0 aromatic heterocycles. The first kappa shape index (κ1) is 39.3. The summed E-state index contributed by atoms with van der Waals surface area (Å²) in [6.07, 6.45) is 8.58. The maximum Gasteiger partial charge on any atom is 0.410 e. The molecule has 0 saturated carbocycles. The summed E-state index contributed by atoms with van der Waals surface area (Å²) >= 11 is 0. The number of nitrogens with one attached hydrogen (secondary N) is 1. The SMILES string of the molecule is C/C(=C\c1cc(F)cc(NC2CCN(S(C)(=O)=O)CC2)c1)[C@@H](C=O)[C@@H](C)/C=C/[C@H](OC(=O)N1CCN(C)CC1)[C@@H](C)CC[C@@H](O)CC=O. The molecule has 1 aromatic rings. The van der Waals surface area contributed by atoms with Crippen molar-refractivity contribution in [1.29, 1.82) is 0 Å². The molecule has 5 atom stereocenters. The lowest BCUT2D eigenvalue weighted by atomic mass is 9.86. The van der Waals surface area contributed by atoms with Crippen molar-refractivity contribution in [3.05, 3.63) is 47.3 Å². The van der Waals surface area contributed by atoms with Gasteiger partial charge in [0, 0.05) is 63.3 Å². The third kappa shape index (κ3) is 12.4. The minimum absolute atomic E-state index is 0.00424. The summed E-state index contributed by atoms with van der Waals surface area (Å²) in [5, 5.41) is 13.4. The van der Waals surface area contributed by atoms with Crippen molar-refractivity contribution in [1.82, 2.24) is 14.1 Å². The number of sulfonamides is 1. The number of anilines is 1. The summed E-state index contributed by atoms with van der Waals surface area (Å²) in [5.41, 5.74) is 1.91. The van der Waals surface area contributed by atoms with Gasteiger partial charge in [0.2, 0.25) is 10.0 Å². The van der Waals surface area contributed by atoms with Crippen LogP contribution < -0.4 is 5.32 Å². The number of hydrogen-bond donors (Lipinski definition) is 2. The largest absolute Gasteiger partial charge is 0.442 e. The van der Waals surface area contributed by atoms with Gasteiger partial charge < -0.3 is 34.5 Å². The van der Waals surface area contributed by atoms with Crippen LogP contribution in [-0.4, -0.2) is 117 Å². The Morgan fingerprint density at radius 3 is 2.33 bits per heavy atom. The lowest BCUT2D eigenvalue weighted by Gasteiger charge is -2.33. The van der Waals surface area contributed by atoms with E-state index in [9.17, 15) is 32.3 Å². The Bertz CT molecular complexity index is 1390. The number of aldehydes is 2. The Kier molecular flexibility index (Phi) is 15.2. The van der Waals surface area contributed by atoms with Crippen molar-refractivity contribution in [2.45, 2.75) is 71.1 Å². The highest BCUT2D eigenvalue weighted by atomic mass is 32.2. The number of nitrogens with zero attached hydrogens (tertiary/aromatic N) is 3. The molecule has 0 bridgehead atoms. The summed E-state index contributed by atoms with van der Waals surface area (Å²) in [6, 6.07) is 4.62. The van der Waals surface area contributed by atoms with Crippen LogP contribution in [0.1, 0.15) is 58.4 Å². The van der Waals surface area contributed by atoms with Crippen LogP contribution in [0.15, 0.2) is 35.9 Å². The fourth-order valence-corrected chi connectivity index (χ4v) is 7.00. The summed E-state index contributed by atoms with van der Waals surface area (Å²) in [5.74, 6) is -1.39. The number of halogens is 1. The normalized spacial score (nSPS) is 20.6. The fourth-order valence-electron chi connectivity index (χ4n) is 6.13. The van der Waals surface area contributed by atoms with Crippen molar-refractivity contribution in [2.75, 3.05) is 57.9 Å². The summed E-state index contributed by atoms with van der Waals surface area (Å²) in [4.78, 5) is 40.0. The van der Waals surface area contributed by atoms with Gasteiger partial charge >= 0.3 is 6.09 Å². The maximum atomic E-state index is 14.7. The van der Waals surface area contributed by atoms with Crippen molar-refractivity contribution >= 4 is 40.5 Å². The van der Waals surface area contributed by atoms with E-state index in [0.29, 0.717) is 69.4 Å². The number of piperidine rings is 1. The molecular weight excluding hydrogens is 639 g/mol. The highest BCUT2D eigenvalue weighted by Gasteiger charge is 2.27. The lowest BCUT2D eigenvalue weighted by molar-refractivity contribution is -0.111. The van der Waals surface area contributed by atoms with Crippen LogP contribution in [0.25, 0.3) is 6.08 Å². The highest BCUT2D eigenvalue weighted by Crippen LogP contribution is 2.27.